The third kappa shape index (κ3) is 5.45. The molecule has 148 valence electrons. The Morgan fingerprint density at radius 3 is 2.45 bits per heavy atom. The summed E-state index contributed by atoms with van der Waals surface area (Å²) in [4.78, 5) is 16.5. The summed E-state index contributed by atoms with van der Waals surface area (Å²) < 4.78 is 0. The average Bonchev–Trinajstić information content (AvgIpc) is 2.71. The number of benzene rings is 2. The first-order valence-corrected chi connectivity index (χ1v) is 9.52. The molecule has 1 heterocycles. The number of aromatic nitrogens is 1. The van der Waals surface area contributed by atoms with Crippen molar-refractivity contribution in [3.63, 3.8) is 0 Å². The van der Waals surface area contributed by atoms with Gasteiger partial charge in [0.2, 0.25) is 5.91 Å². The number of nitrogen functional groups attached to an aromatic ring is 1. The molecule has 0 saturated carbocycles. The Labute approximate surface area is 171 Å². The van der Waals surface area contributed by atoms with Gasteiger partial charge in [-0.15, -0.1) is 0 Å². The maximum absolute atomic E-state index is 12.1. The first kappa shape index (κ1) is 20.1. The van der Waals surface area contributed by atoms with Gasteiger partial charge in [-0.25, -0.2) is 4.98 Å². The fourth-order valence-corrected chi connectivity index (χ4v) is 2.99. The summed E-state index contributed by atoms with van der Waals surface area (Å²) in [6.07, 6.45) is 4.92. The number of nitrogens with one attached hydrogen (secondary N) is 2. The van der Waals surface area contributed by atoms with Gasteiger partial charge in [0.25, 0.3) is 0 Å². The van der Waals surface area contributed by atoms with Gasteiger partial charge in [-0.2, -0.15) is 0 Å². The Morgan fingerprint density at radius 1 is 1.07 bits per heavy atom. The van der Waals surface area contributed by atoms with Crippen molar-refractivity contribution >= 4 is 29.2 Å². The van der Waals surface area contributed by atoms with E-state index in [0.29, 0.717) is 17.9 Å². The van der Waals surface area contributed by atoms with E-state index in [0.717, 1.165) is 11.4 Å². The SMILES string of the molecule is Cc1cc(CNc2ccc(/C=C/C(=O)Nc3ccccc3N)cn2)cc(C)c1C. The first-order chi connectivity index (χ1) is 13.9. The van der Waals surface area contributed by atoms with Gasteiger partial charge in [0.15, 0.2) is 0 Å². The lowest BCUT2D eigenvalue weighted by atomic mass is 10.0. The van der Waals surface area contributed by atoms with Crippen LogP contribution in [0.5, 0.6) is 0 Å². The molecule has 3 aromatic rings. The monoisotopic (exact) mass is 386 g/mol. The molecule has 0 aliphatic rings. The summed E-state index contributed by atoms with van der Waals surface area (Å²) >= 11 is 0. The fraction of sp³-hybridized carbons (Fsp3) is 0.167. The summed E-state index contributed by atoms with van der Waals surface area (Å²) in [5.41, 5.74) is 13.0. The number of pyridine rings is 1. The van der Waals surface area contributed by atoms with Crippen LogP contribution in [0.2, 0.25) is 0 Å². The van der Waals surface area contributed by atoms with Crippen LogP contribution in [0.4, 0.5) is 17.2 Å². The predicted octanol–water partition coefficient (Wildman–Crippen LogP) is 4.85. The molecule has 0 atom stereocenters. The molecular weight excluding hydrogens is 360 g/mol. The molecule has 2 aromatic carbocycles. The normalized spacial score (nSPS) is 10.9. The highest BCUT2D eigenvalue weighted by atomic mass is 16.1. The van der Waals surface area contributed by atoms with E-state index in [1.807, 2.05) is 24.3 Å². The predicted molar refractivity (Wildman–Crippen MR) is 121 cm³/mol. The topological polar surface area (TPSA) is 80.0 Å². The molecule has 1 aromatic heterocycles. The van der Waals surface area contributed by atoms with Gasteiger partial charge < -0.3 is 16.4 Å². The van der Waals surface area contributed by atoms with Crippen molar-refractivity contribution in [3.8, 4) is 0 Å². The molecular formula is C24H26N4O. The molecule has 3 rings (SSSR count). The Morgan fingerprint density at radius 2 is 1.79 bits per heavy atom. The number of amides is 1. The molecule has 5 heteroatoms. The zero-order valence-corrected chi connectivity index (χ0v) is 17.0. The number of nitrogens with two attached hydrogens (primary N) is 1. The van der Waals surface area contributed by atoms with Crippen LogP contribution in [0.15, 0.2) is 60.8 Å². The third-order valence-electron chi connectivity index (χ3n) is 4.89. The van der Waals surface area contributed by atoms with E-state index in [2.05, 4.69) is 48.5 Å². The van der Waals surface area contributed by atoms with E-state index >= 15 is 0 Å². The van der Waals surface area contributed by atoms with Gasteiger partial charge in [0.05, 0.1) is 11.4 Å². The molecule has 29 heavy (non-hydrogen) atoms. The van der Waals surface area contributed by atoms with Crippen molar-refractivity contribution in [2.45, 2.75) is 27.3 Å². The first-order valence-electron chi connectivity index (χ1n) is 9.52. The zero-order chi connectivity index (χ0) is 20.8. The van der Waals surface area contributed by atoms with E-state index in [-0.39, 0.29) is 5.91 Å². The lowest BCUT2D eigenvalue weighted by Gasteiger charge is -2.10. The van der Waals surface area contributed by atoms with Crippen molar-refractivity contribution in [1.29, 1.82) is 0 Å². The van der Waals surface area contributed by atoms with E-state index in [1.165, 1.54) is 28.3 Å². The van der Waals surface area contributed by atoms with E-state index in [4.69, 9.17) is 5.73 Å². The van der Waals surface area contributed by atoms with Crippen LogP contribution in [-0.4, -0.2) is 10.9 Å². The number of rotatable bonds is 6. The number of hydrogen-bond donors (Lipinski definition) is 3. The number of carbonyl (C=O) groups is 1. The number of nitrogens with zero attached hydrogens (tertiary/aromatic N) is 1. The van der Waals surface area contributed by atoms with Crippen LogP contribution in [-0.2, 0) is 11.3 Å². The van der Waals surface area contributed by atoms with E-state index in [1.54, 1.807) is 24.4 Å². The van der Waals surface area contributed by atoms with E-state index in [9.17, 15) is 4.79 Å². The smallest absolute Gasteiger partial charge is 0.248 e. The van der Waals surface area contributed by atoms with Crippen LogP contribution < -0.4 is 16.4 Å². The molecule has 0 spiro atoms. The molecule has 0 saturated heterocycles. The van der Waals surface area contributed by atoms with Gasteiger partial charge in [0.1, 0.15) is 5.82 Å². The van der Waals surface area contributed by atoms with Crippen molar-refractivity contribution in [2.75, 3.05) is 16.4 Å². The Balaban J connectivity index is 1.56. The van der Waals surface area contributed by atoms with Gasteiger partial charge in [0, 0.05) is 18.8 Å². The number of carbonyl (C=O) groups excluding carboxylic acids is 1. The fourth-order valence-electron chi connectivity index (χ4n) is 2.99. The minimum absolute atomic E-state index is 0.241. The lowest BCUT2D eigenvalue weighted by molar-refractivity contribution is -0.111. The lowest BCUT2D eigenvalue weighted by Crippen LogP contribution is -2.09. The Kier molecular flexibility index (Phi) is 6.29. The van der Waals surface area contributed by atoms with Crippen molar-refractivity contribution in [2.24, 2.45) is 0 Å². The summed E-state index contributed by atoms with van der Waals surface area (Å²) in [5.74, 6) is 0.551. The van der Waals surface area contributed by atoms with Crippen LogP contribution in [0.25, 0.3) is 6.08 Å². The molecule has 5 nitrogen and oxygen atoms in total. The summed E-state index contributed by atoms with van der Waals surface area (Å²) in [5, 5.41) is 6.10. The Hall–Kier alpha value is -3.60. The minimum atomic E-state index is -0.241. The minimum Gasteiger partial charge on any atom is -0.397 e. The summed E-state index contributed by atoms with van der Waals surface area (Å²) in [7, 11) is 0. The van der Waals surface area contributed by atoms with Crippen LogP contribution in [0.3, 0.4) is 0 Å². The number of hydrogen-bond acceptors (Lipinski definition) is 4. The highest BCUT2D eigenvalue weighted by Crippen LogP contribution is 2.18. The summed E-state index contributed by atoms with van der Waals surface area (Å²) in [6.45, 7) is 7.12. The average molecular weight is 386 g/mol. The van der Waals surface area contributed by atoms with Crippen LogP contribution in [0, 0.1) is 20.8 Å². The van der Waals surface area contributed by atoms with Gasteiger partial charge in [-0.1, -0.05) is 24.3 Å². The molecule has 0 radical (unpaired) electrons. The van der Waals surface area contributed by atoms with Gasteiger partial charge >= 0.3 is 0 Å². The second kappa shape index (κ2) is 9.06. The molecule has 0 aliphatic heterocycles. The quantitative estimate of drug-likeness (QED) is 0.418. The van der Waals surface area contributed by atoms with Gasteiger partial charge in [-0.05, 0) is 78.9 Å². The third-order valence-corrected chi connectivity index (χ3v) is 4.89. The van der Waals surface area contributed by atoms with Crippen LogP contribution >= 0.6 is 0 Å². The molecule has 0 unspecified atom stereocenters. The van der Waals surface area contributed by atoms with Crippen molar-refractivity contribution in [1.82, 2.24) is 4.98 Å². The zero-order valence-electron chi connectivity index (χ0n) is 17.0. The maximum Gasteiger partial charge on any atom is 0.248 e. The molecule has 4 N–H and O–H groups in total. The highest BCUT2D eigenvalue weighted by Gasteiger charge is 2.03. The van der Waals surface area contributed by atoms with Gasteiger partial charge in [-0.3, -0.25) is 4.79 Å². The standard InChI is InChI=1S/C24H26N4O/c1-16-12-20(13-17(2)18(16)3)15-27-23-10-8-19(14-26-23)9-11-24(29)28-22-7-5-4-6-21(22)25/h4-14H,15,25H2,1-3H3,(H,26,27)(H,28,29)/b11-9+. The highest BCUT2D eigenvalue weighted by molar-refractivity contribution is 6.03. The molecule has 0 bridgehead atoms. The molecule has 1 amide bonds. The maximum atomic E-state index is 12.1. The second-order valence-electron chi connectivity index (χ2n) is 7.09. The number of aryl methyl sites for hydroxylation is 2. The number of anilines is 3. The van der Waals surface area contributed by atoms with E-state index < -0.39 is 0 Å². The molecule has 0 aliphatic carbocycles. The Bertz CT molecular complexity index is 1020. The van der Waals surface area contributed by atoms with Crippen LogP contribution in [0.1, 0.15) is 27.8 Å². The number of para-hydroxylation sites is 2. The largest absolute Gasteiger partial charge is 0.397 e. The summed E-state index contributed by atoms with van der Waals surface area (Å²) in [6, 6.07) is 15.4. The molecule has 0 fully saturated rings. The second-order valence-corrected chi connectivity index (χ2v) is 7.09. The van der Waals surface area contributed by atoms with Crippen molar-refractivity contribution in [3.05, 3.63) is 88.6 Å². The van der Waals surface area contributed by atoms with Crippen molar-refractivity contribution < 1.29 is 4.79 Å².